The van der Waals surface area contributed by atoms with Gasteiger partial charge in [-0.05, 0) is 17.7 Å². The standard InChI is InChI=1S/C14H19NO4.ClH/c1-14(2)8-19-13(16)15-12(14)9-5-6-10(17-3)11(7-9)18-4;/h5-7,12H,8H2,1-4H3,(H,15,16);1H/t12-;/m1./s1. The highest BCUT2D eigenvalue weighted by Gasteiger charge is 2.38. The molecule has 1 aliphatic rings. The second-order valence-corrected chi connectivity index (χ2v) is 5.26. The molecule has 112 valence electrons. The zero-order valence-corrected chi connectivity index (χ0v) is 12.9. The normalized spacial score (nSPS) is 20.2. The number of carbonyl (C=O) groups is 1. The molecule has 0 saturated carbocycles. The fourth-order valence-electron chi connectivity index (χ4n) is 2.26. The van der Waals surface area contributed by atoms with Crippen molar-refractivity contribution in [1.29, 1.82) is 0 Å². The fraction of sp³-hybridized carbons (Fsp3) is 0.500. The van der Waals surface area contributed by atoms with Gasteiger partial charge < -0.3 is 19.5 Å². The minimum Gasteiger partial charge on any atom is -0.493 e. The van der Waals surface area contributed by atoms with E-state index in [1.165, 1.54) is 0 Å². The molecule has 0 unspecified atom stereocenters. The van der Waals surface area contributed by atoms with E-state index in [1.807, 2.05) is 32.0 Å². The Balaban J connectivity index is 0.00000200. The second kappa shape index (κ2) is 6.22. The zero-order chi connectivity index (χ0) is 14.0. The lowest BCUT2D eigenvalue weighted by Gasteiger charge is -2.38. The van der Waals surface area contributed by atoms with Crippen molar-refractivity contribution in [3.63, 3.8) is 0 Å². The third-order valence-electron chi connectivity index (χ3n) is 3.36. The molecule has 1 aromatic rings. The summed E-state index contributed by atoms with van der Waals surface area (Å²) in [5.74, 6) is 1.32. The topological polar surface area (TPSA) is 56.8 Å². The Morgan fingerprint density at radius 2 is 1.90 bits per heavy atom. The number of nitrogens with one attached hydrogen (secondary N) is 1. The predicted octanol–water partition coefficient (Wildman–Crippen LogP) is 2.93. The van der Waals surface area contributed by atoms with Crippen molar-refractivity contribution in [3.8, 4) is 11.5 Å². The average molecular weight is 302 g/mol. The van der Waals surface area contributed by atoms with Gasteiger partial charge in [-0.3, -0.25) is 0 Å². The number of hydrogen-bond acceptors (Lipinski definition) is 4. The largest absolute Gasteiger partial charge is 0.493 e. The van der Waals surface area contributed by atoms with Crippen molar-refractivity contribution in [1.82, 2.24) is 5.32 Å². The number of cyclic esters (lactones) is 1. The van der Waals surface area contributed by atoms with Crippen LogP contribution in [0.2, 0.25) is 0 Å². The van der Waals surface area contributed by atoms with Gasteiger partial charge in [0, 0.05) is 5.41 Å². The van der Waals surface area contributed by atoms with Gasteiger partial charge >= 0.3 is 6.09 Å². The molecule has 0 aromatic heterocycles. The number of rotatable bonds is 3. The molecule has 0 aliphatic carbocycles. The Morgan fingerprint density at radius 1 is 1.25 bits per heavy atom. The van der Waals surface area contributed by atoms with E-state index in [0.717, 1.165) is 5.56 Å². The Morgan fingerprint density at radius 3 is 2.50 bits per heavy atom. The monoisotopic (exact) mass is 301 g/mol. The highest BCUT2D eigenvalue weighted by Crippen LogP contribution is 2.39. The Hall–Kier alpha value is -1.62. The molecule has 20 heavy (non-hydrogen) atoms. The van der Waals surface area contributed by atoms with Crippen LogP contribution >= 0.6 is 12.4 Å². The number of alkyl carbamates (subject to hydrolysis) is 1. The van der Waals surface area contributed by atoms with Crippen molar-refractivity contribution in [2.45, 2.75) is 19.9 Å². The molecule has 0 bridgehead atoms. The van der Waals surface area contributed by atoms with E-state index in [4.69, 9.17) is 14.2 Å². The van der Waals surface area contributed by atoms with E-state index in [9.17, 15) is 4.79 Å². The second-order valence-electron chi connectivity index (χ2n) is 5.26. The van der Waals surface area contributed by atoms with Crippen LogP contribution in [0.4, 0.5) is 4.79 Å². The van der Waals surface area contributed by atoms with Crippen molar-refractivity contribution >= 4 is 18.5 Å². The minimum absolute atomic E-state index is 0. The molecule has 1 amide bonds. The van der Waals surface area contributed by atoms with E-state index < -0.39 is 0 Å². The van der Waals surface area contributed by atoms with E-state index in [1.54, 1.807) is 14.2 Å². The maximum absolute atomic E-state index is 11.4. The van der Waals surface area contributed by atoms with Crippen molar-refractivity contribution in [2.24, 2.45) is 5.41 Å². The van der Waals surface area contributed by atoms with Gasteiger partial charge in [-0.1, -0.05) is 19.9 Å². The van der Waals surface area contributed by atoms with Crippen LogP contribution in [-0.2, 0) is 4.74 Å². The van der Waals surface area contributed by atoms with E-state index >= 15 is 0 Å². The number of ether oxygens (including phenoxy) is 3. The van der Waals surface area contributed by atoms with Gasteiger partial charge in [-0.2, -0.15) is 0 Å². The van der Waals surface area contributed by atoms with Crippen LogP contribution in [0.3, 0.4) is 0 Å². The van der Waals surface area contributed by atoms with Crippen molar-refractivity contribution in [3.05, 3.63) is 23.8 Å². The first-order chi connectivity index (χ1) is 8.97. The number of halogens is 1. The minimum atomic E-state index is -0.390. The van der Waals surface area contributed by atoms with Gasteiger partial charge in [0.05, 0.1) is 20.3 Å². The quantitative estimate of drug-likeness (QED) is 0.932. The first-order valence-corrected chi connectivity index (χ1v) is 6.13. The number of benzene rings is 1. The number of methoxy groups -OCH3 is 2. The van der Waals surface area contributed by atoms with Gasteiger partial charge in [0.2, 0.25) is 0 Å². The summed E-state index contributed by atoms with van der Waals surface area (Å²) in [7, 11) is 3.19. The lowest BCUT2D eigenvalue weighted by atomic mass is 9.80. The van der Waals surface area contributed by atoms with Gasteiger partial charge in [0.25, 0.3) is 0 Å². The summed E-state index contributed by atoms with van der Waals surface area (Å²) in [5, 5.41) is 2.85. The number of amides is 1. The van der Waals surface area contributed by atoms with Crippen LogP contribution in [0.15, 0.2) is 18.2 Å². The van der Waals surface area contributed by atoms with Crippen LogP contribution in [-0.4, -0.2) is 26.9 Å². The zero-order valence-electron chi connectivity index (χ0n) is 12.1. The molecule has 6 heteroatoms. The van der Waals surface area contributed by atoms with E-state index in [-0.39, 0.29) is 30.0 Å². The van der Waals surface area contributed by atoms with Crippen molar-refractivity contribution < 1.29 is 19.0 Å². The third kappa shape index (κ3) is 3.10. The first kappa shape index (κ1) is 16.4. The lowest BCUT2D eigenvalue weighted by Crippen LogP contribution is -2.46. The molecule has 1 saturated heterocycles. The van der Waals surface area contributed by atoms with Crippen LogP contribution in [0.1, 0.15) is 25.5 Å². The Kier molecular flexibility index (Phi) is 5.11. The van der Waals surface area contributed by atoms with Crippen LogP contribution in [0.5, 0.6) is 11.5 Å². The van der Waals surface area contributed by atoms with Gasteiger partial charge in [0.15, 0.2) is 11.5 Å². The molecule has 1 atom stereocenters. The highest BCUT2D eigenvalue weighted by molar-refractivity contribution is 5.85. The molecule has 2 rings (SSSR count). The molecule has 5 nitrogen and oxygen atoms in total. The maximum atomic E-state index is 11.4. The fourth-order valence-corrected chi connectivity index (χ4v) is 2.26. The van der Waals surface area contributed by atoms with Crippen molar-refractivity contribution in [2.75, 3.05) is 20.8 Å². The Labute approximate surface area is 125 Å². The smallest absolute Gasteiger partial charge is 0.407 e. The molecule has 1 heterocycles. The molecule has 1 fully saturated rings. The lowest BCUT2D eigenvalue weighted by molar-refractivity contribution is 0.0386. The van der Waals surface area contributed by atoms with Gasteiger partial charge in [0.1, 0.15) is 6.61 Å². The van der Waals surface area contributed by atoms with Crippen LogP contribution in [0.25, 0.3) is 0 Å². The van der Waals surface area contributed by atoms with Gasteiger partial charge in [-0.15, -0.1) is 12.4 Å². The number of carbonyl (C=O) groups excluding carboxylic acids is 1. The van der Waals surface area contributed by atoms with Crippen LogP contribution < -0.4 is 14.8 Å². The molecular formula is C14H20ClNO4. The molecular weight excluding hydrogens is 282 g/mol. The van der Waals surface area contributed by atoms with Crippen LogP contribution in [0, 0.1) is 5.41 Å². The maximum Gasteiger partial charge on any atom is 0.407 e. The summed E-state index contributed by atoms with van der Waals surface area (Å²) < 4.78 is 15.5. The summed E-state index contributed by atoms with van der Waals surface area (Å²) in [6.07, 6.45) is -0.390. The molecule has 0 spiro atoms. The summed E-state index contributed by atoms with van der Waals surface area (Å²) in [6.45, 7) is 4.49. The molecule has 0 radical (unpaired) electrons. The first-order valence-electron chi connectivity index (χ1n) is 6.13. The predicted molar refractivity (Wildman–Crippen MR) is 77.8 cm³/mol. The average Bonchev–Trinajstić information content (AvgIpc) is 2.40. The summed E-state index contributed by atoms with van der Waals surface area (Å²) in [4.78, 5) is 11.4. The summed E-state index contributed by atoms with van der Waals surface area (Å²) >= 11 is 0. The molecule has 1 aliphatic heterocycles. The molecule has 1 N–H and O–H groups in total. The highest BCUT2D eigenvalue weighted by atomic mass is 35.5. The number of hydrogen-bond donors (Lipinski definition) is 1. The molecule has 1 aromatic carbocycles. The van der Waals surface area contributed by atoms with E-state index in [0.29, 0.717) is 18.1 Å². The summed E-state index contributed by atoms with van der Waals surface area (Å²) in [5.41, 5.74) is 0.785. The van der Waals surface area contributed by atoms with E-state index in [2.05, 4.69) is 5.32 Å². The van der Waals surface area contributed by atoms with Gasteiger partial charge in [-0.25, -0.2) is 4.79 Å². The summed E-state index contributed by atoms with van der Waals surface area (Å²) in [6, 6.07) is 5.54. The SMILES string of the molecule is COc1ccc([C@H]2NC(=O)OCC2(C)C)cc1OC.Cl. The third-order valence-corrected chi connectivity index (χ3v) is 3.36. The Bertz CT molecular complexity index is 490.